The minimum absolute atomic E-state index is 0.169. The molecule has 0 N–H and O–H groups in total. The fourth-order valence-electron chi connectivity index (χ4n) is 1.77. The highest BCUT2D eigenvalue weighted by molar-refractivity contribution is 9.09. The maximum atomic E-state index is 13.5. The van der Waals surface area contributed by atoms with Gasteiger partial charge in [-0.25, -0.2) is 8.78 Å². The van der Waals surface area contributed by atoms with Crippen molar-refractivity contribution < 1.29 is 8.78 Å². The van der Waals surface area contributed by atoms with Crippen molar-refractivity contribution in [3.05, 3.63) is 35.4 Å². The normalized spacial score (nSPS) is 15.5. The molecule has 0 radical (unpaired) electrons. The number of halogens is 3. The van der Waals surface area contributed by atoms with Gasteiger partial charge in [0.15, 0.2) is 11.6 Å². The van der Waals surface area contributed by atoms with Gasteiger partial charge >= 0.3 is 0 Å². The van der Waals surface area contributed by atoms with Crippen molar-refractivity contribution >= 4 is 15.9 Å². The van der Waals surface area contributed by atoms with Gasteiger partial charge in [0, 0.05) is 4.83 Å². The highest BCUT2D eigenvalue weighted by atomic mass is 79.9. The van der Waals surface area contributed by atoms with E-state index in [4.69, 9.17) is 0 Å². The Kier molecular flexibility index (Phi) is 5.32. The predicted molar refractivity (Wildman–Crippen MR) is 76.0 cm³/mol. The standard InChI is InChI=1S/C15H21BrF2/c1-10(15(2,3)4)8-12(16)9-11-6-5-7-13(17)14(11)18/h5-7,10,12H,8-9H2,1-4H3. The molecular formula is C15H21BrF2. The van der Waals surface area contributed by atoms with Crippen molar-refractivity contribution in [3.8, 4) is 0 Å². The van der Waals surface area contributed by atoms with Crippen LogP contribution in [0.15, 0.2) is 18.2 Å². The van der Waals surface area contributed by atoms with Crippen molar-refractivity contribution in [1.29, 1.82) is 0 Å². The molecule has 0 saturated carbocycles. The zero-order valence-electron chi connectivity index (χ0n) is 11.4. The van der Waals surface area contributed by atoms with Gasteiger partial charge in [-0.15, -0.1) is 0 Å². The van der Waals surface area contributed by atoms with Crippen LogP contribution in [0.2, 0.25) is 0 Å². The van der Waals surface area contributed by atoms with Crippen LogP contribution in [0.5, 0.6) is 0 Å². The van der Waals surface area contributed by atoms with E-state index in [1.54, 1.807) is 12.1 Å². The first-order valence-electron chi connectivity index (χ1n) is 6.28. The molecule has 0 heterocycles. The van der Waals surface area contributed by atoms with Gasteiger partial charge < -0.3 is 0 Å². The van der Waals surface area contributed by atoms with E-state index in [-0.39, 0.29) is 10.2 Å². The lowest BCUT2D eigenvalue weighted by Crippen LogP contribution is -2.21. The molecule has 1 aromatic carbocycles. The lowest BCUT2D eigenvalue weighted by Gasteiger charge is -2.29. The summed E-state index contributed by atoms with van der Waals surface area (Å²) in [6.07, 6.45) is 1.46. The second kappa shape index (κ2) is 6.14. The number of rotatable bonds is 4. The Bertz CT molecular complexity index is 396. The van der Waals surface area contributed by atoms with Crippen LogP contribution in [-0.2, 0) is 6.42 Å². The molecule has 0 bridgehead atoms. The zero-order chi connectivity index (χ0) is 13.9. The van der Waals surface area contributed by atoms with Gasteiger partial charge in [0.2, 0.25) is 0 Å². The number of alkyl halides is 1. The second-order valence-corrected chi connectivity index (χ2v) is 7.31. The molecule has 1 rings (SSSR count). The Hall–Kier alpha value is -0.440. The number of benzene rings is 1. The molecule has 102 valence electrons. The quantitative estimate of drug-likeness (QED) is 0.657. The summed E-state index contributed by atoms with van der Waals surface area (Å²) in [5, 5.41) is 0. The first-order chi connectivity index (χ1) is 8.21. The number of hydrogen-bond acceptors (Lipinski definition) is 0. The Morgan fingerprint density at radius 3 is 2.39 bits per heavy atom. The van der Waals surface area contributed by atoms with E-state index in [1.165, 1.54) is 0 Å². The average Bonchev–Trinajstić information content (AvgIpc) is 2.23. The minimum Gasteiger partial charge on any atom is -0.204 e. The molecule has 0 saturated heterocycles. The third-order valence-corrected chi connectivity index (χ3v) is 4.26. The first kappa shape index (κ1) is 15.6. The van der Waals surface area contributed by atoms with Crippen LogP contribution in [0.1, 0.15) is 39.7 Å². The summed E-state index contributed by atoms with van der Waals surface area (Å²) in [4.78, 5) is 0.169. The van der Waals surface area contributed by atoms with E-state index in [2.05, 4.69) is 43.6 Å². The molecule has 1 aromatic rings. The fraction of sp³-hybridized carbons (Fsp3) is 0.600. The predicted octanol–water partition coefficient (Wildman–Crippen LogP) is 5.34. The van der Waals surface area contributed by atoms with Crippen LogP contribution < -0.4 is 0 Å². The summed E-state index contributed by atoms with van der Waals surface area (Å²) in [7, 11) is 0. The van der Waals surface area contributed by atoms with E-state index in [9.17, 15) is 8.78 Å². The fourth-order valence-corrected chi connectivity index (χ4v) is 2.67. The second-order valence-electron chi connectivity index (χ2n) is 6.02. The smallest absolute Gasteiger partial charge is 0.162 e. The van der Waals surface area contributed by atoms with Crippen LogP contribution in [0.3, 0.4) is 0 Å². The topological polar surface area (TPSA) is 0 Å². The first-order valence-corrected chi connectivity index (χ1v) is 7.20. The van der Waals surface area contributed by atoms with Crippen LogP contribution in [0, 0.1) is 23.0 Å². The van der Waals surface area contributed by atoms with E-state index >= 15 is 0 Å². The molecule has 18 heavy (non-hydrogen) atoms. The summed E-state index contributed by atoms with van der Waals surface area (Å²) in [6, 6.07) is 4.36. The molecule has 0 aromatic heterocycles. The van der Waals surface area contributed by atoms with E-state index < -0.39 is 11.6 Å². The maximum absolute atomic E-state index is 13.5. The van der Waals surface area contributed by atoms with Crippen molar-refractivity contribution in [3.63, 3.8) is 0 Å². The summed E-state index contributed by atoms with van der Waals surface area (Å²) >= 11 is 3.58. The summed E-state index contributed by atoms with van der Waals surface area (Å²) in [5.74, 6) is -0.972. The van der Waals surface area contributed by atoms with E-state index in [0.717, 1.165) is 12.5 Å². The van der Waals surface area contributed by atoms with Crippen LogP contribution >= 0.6 is 15.9 Å². The van der Waals surface area contributed by atoms with Crippen LogP contribution in [0.25, 0.3) is 0 Å². The molecule has 3 heteroatoms. The molecule has 0 nitrogen and oxygen atoms in total. The highest BCUT2D eigenvalue weighted by Crippen LogP contribution is 2.32. The van der Waals surface area contributed by atoms with Gasteiger partial charge in [0.1, 0.15) is 0 Å². The molecule has 0 fully saturated rings. The molecule has 2 unspecified atom stereocenters. The van der Waals surface area contributed by atoms with Crippen molar-refractivity contribution in [2.75, 3.05) is 0 Å². The zero-order valence-corrected chi connectivity index (χ0v) is 13.0. The Morgan fingerprint density at radius 1 is 1.22 bits per heavy atom. The molecule has 0 aliphatic heterocycles. The SMILES string of the molecule is CC(CC(Br)Cc1cccc(F)c1F)C(C)(C)C. The van der Waals surface area contributed by atoms with Crippen molar-refractivity contribution in [2.24, 2.45) is 11.3 Å². The largest absolute Gasteiger partial charge is 0.204 e. The van der Waals surface area contributed by atoms with Crippen LogP contribution in [-0.4, -0.2) is 4.83 Å². The molecule has 0 aliphatic carbocycles. The summed E-state index contributed by atoms with van der Waals surface area (Å²) < 4.78 is 26.6. The van der Waals surface area contributed by atoms with Gasteiger partial charge in [-0.3, -0.25) is 0 Å². The lowest BCUT2D eigenvalue weighted by atomic mass is 9.79. The highest BCUT2D eigenvalue weighted by Gasteiger charge is 2.23. The average molecular weight is 319 g/mol. The molecule has 2 atom stereocenters. The molecule has 0 spiro atoms. The lowest BCUT2D eigenvalue weighted by molar-refractivity contribution is 0.246. The molecule has 0 amide bonds. The van der Waals surface area contributed by atoms with E-state index in [1.807, 2.05) is 0 Å². The van der Waals surface area contributed by atoms with Gasteiger partial charge in [-0.2, -0.15) is 0 Å². The Balaban J connectivity index is 2.65. The molecule has 0 aliphatic rings. The summed E-state index contributed by atoms with van der Waals surface area (Å²) in [6.45, 7) is 8.77. The van der Waals surface area contributed by atoms with Crippen molar-refractivity contribution in [2.45, 2.75) is 45.4 Å². The van der Waals surface area contributed by atoms with E-state index in [0.29, 0.717) is 17.9 Å². The summed E-state index contributed by atoms with van der Waals surface area (Å²) in [5.41, 5.74) is 0.671. The van der Waals surface area contributed by atoms with Gasteiger partial charge in [-0.05, 0) is 35.8 Å². The minimum atomic E-state index is -0.768. The third kappa shape index (κ3) is 4.34. The van der Waals surface area contributed by atoms with Gasteiger partial charge in [0.05, 0.1) is 0 Å². The monoisotopic (exact) mass is 318 g/mol. The van der Waals surface area contributed by atoms with Crippen LogP contribution in [0.4, 0.5) is 8.78 Å². The number of hydrogen-bond donors (Lipinski definition) is 0. The van der Waals surface area contributed by atoms with Crippen molar-refractivity contribution in [1.82, 2.24) is 0 Å². The maximum Gasteiger partial charge on any atom is 0.162 e. The Morgan fingerprint density at radius 2 is 1.83 bits per heavy atom. The third-order valence-electron chi connectivity index (χ3n) is 3.56. The van der Waals surface area contributed by atoms with Gasteiger partial charge in [-0.1, -0.05) is 55.8 Å². The molecular weight excluding hydrogens is 298 g/mol. The van der Waals surface area contributed by atoms with Gasteiger partial charge in [0.25, 0.3) is 0 Å². The Labute approximate surface area is 117 Å².